The van der Waals surface area contributed by atoms with Crippen molar-refractivity contribution in [3.8, 4) is 0 Å². The molecule has 1 heterocycles. The third kappa shape index (κ3) is 3.02. The van der Waals surface area contributed by atoms with Crippen LogP contribution in [0.5, 0.6) is 0 Å². The van der Waals surface area contributed by atoms with E-state index in [1.807, 2.05) is 12.5 Å². The molecule has 2 aliphatic carbocycles. The van der Waals surface area contributed by atoms with Crippen LogP contribution in [0.4, 0.5) is 0 Å². The van der Waals surface area contributed by atoms with Crippen molar-refractivity contribution in [2.45, 2.75) is 52.6 Å². The van der Waals surface area contributed by atoms with Crippen molar-refractivity contribution in [3.63, 3.8) is 0 Å². The van der Waals surface area contributed by atoms with Gasteiger partial charge in [-0.3, -0.25) is 0 Å². The lowest BCUT2D eigenvalue weighted by Crippen LogP contribution is -2.23. The van der Waals surface area contributed by atoms with Crippen LogP contribution in [0.15, 0.2) is 12.5 Å². The minimum absolute atomic E-state index is 0.710. The molecule has 1 aromatic rings. The molecule has 0 saturated heterocycles. The van der Waals surface area contributed by atoms with E-state index in [2.05, 4.69) is 28.7 Å². The molecule has 3 nitrogen and oxygen atoms in total. The Bertz CT molecular complexity index is 410. The highest BCUT2D eigenvalue weighted by Crippen LogP contribution is 2.48. The number of rotatable bonds is 6. The first kappa shape index (κ1) is 13.2. The van der Waals surface area contributed by atoms with Crippen molar-refractivity contribution in [2.24, 2.45) is 23.7 Å². The Labute approximate surface area is 116 Å². The van der Waals surface area contributed by atoms with Crippen LogP contribution in [0.2, 0.25) is 0 Å². The number of imidazole rings is 1. The fraction of sp³-hybridized carbons (Fsp3) is 0.812. The standard InChI is InChI=1S/C16H27N3/c1-12(2)7-17-8-16-9-18-11-19(16)10-15-6-13-3-4-14(15)5-13/h9,11-15,17H,3-8,10H2,1-2H3. The molecule has 3 heteroatoms. The summed E-state index contributed by atoms with van der Waals surface area (Å²) in [4.78, 5) is 4.35. The fourth-order valence-electron chi connectivity index (χ4n) is 4.00. The third-order valence-corrected chi connectivity index (χ3v) is 4.97. The number of aromatic nitrogens is 2. The number of nitrogens with zero attached hydrogens (tertiary/aromatic N) is 2. The van der Waals surface area contributed by atoms with Gasteiger partial charge in [-0.1, -0.05) is 20.3 Å². The summed E-state index contributed by atoms with van der Waals surface area (Å²) in [5, 5.41) is 3.53. The molecular weight excluding hydrogens is 234 g/mol. The molecule has 2 saturated carbocycles. The lowest BCUT2D eigenvalue weighted by Gasteiger charge is -2.23. The summed E-state index contributed by atoms with van der Waals surface area (Å²) in [6.45, 7) is 7.73. The van der Waals surface area contributed by atoms with Crippen molar-refractivity contribution in [3.05, 3.63) is 18.2 Å². The van der Waals surface area contributed by atoms with Crippen molar-refractivity contribution >= 4 is 0 Å². The molecular formula is C16H27N3. The summed E-state index contributed by atoms with van der Waals surface area (Å²) in [5.41, 5.74) is 1.35. The van der Waals surface area contributed by atoms with E-state index in [4.69, 9.17) is 0 Å². The number of hydrogen-bond acceptors (Lipinski definition) is 2. The first-order chi connectivity index (χ1) is 9.22. The molecule has 3 atom stereocenters. The van der Waals surface area contributed by atoms with E-state index in [9.17, 15) is 0 Å². The molecule has 1 aromatic heterocycles. The van der Waals surface area contributed by atoms with Crippen molar-refractivity contribution < 1.29 is 0 Å². The average molecular weight is 261 g/mol. The zero-order chi connectivity index (χ0) is 13.2. The highest BCUT2D eigenvalue weighted by atomic mass is 15.1. The van der Waals surface area contributed by atoms with E-state index in [1.165, 1.54) is 37.9 Å². The number of nitrogens with one attached hydrogen (secondary N) is 1. The van der Waals surface area contributed by atoms with Crippen LogP contribution in [-0.4, -0.2) is 16.1 Å². The summed E-state index contributed by atoms with van der Waals surface area (Å²) in [6.07, 6.45) is 9.99. The van der Waals surface area contributed by atoms with Gasteiger partial charge in [0.1, 0.15) is 0 Å². The largest absolute Gasteiger partial charge is 0.333 e. The second kappa shape index (κ2) is 5.66. The van der Waals surface area contributed by atoms with Crippen molar-refractivity contribution in [2.75, 3.05) is 6.54 Å². The third-order valence-electron chi connectivity index (χ3n) is 4.97. The maximum Gasteiger partial charge on any atom is 0.0948 e. The Morgan fingerprint density at radius 1 is 1.37 bits per heavy atom. The van der Waals surface area contributed by atoms with E-state index < -0.39 is 0 Å². The topological polar surface area (TPSA) is 29.9 Å². The predicted octanol–water partition coefficient (Wildman–Crippen LogP) is 3.06. The Morgan fingerprint density at radius 2 is 2.26 bits per heavy atom. The molecule has 3 unspecified atom stereocenters. The minimum Gasteiger partial charge on any atom is -0.333 e. The summed E-state index contributed by atoms with van der Waals surface area (Å²) in [7, 11) is 0. The molecule has 2 bridgehead atoms. The van der Waals surface area contributed by atoms with Gasteiger partial charge in [0.05, 0.1) is 12.0 Å². The molecule has 2 aliphatic rings. The number of hydrogen-bond donors (Lipinski definition) is 1. The summed E-state index contributed by atoms with van der Waals surface area (Å²) >= 11 is 0. The van der Waals surface area contributed by atoms with Crippen LogP contribution in [0.3, 0.4) is 0 Å². The van der Waals surface area contributed by atoms with Crippen LogP contribution in [0, 0.1) is 23.7 Å². The van der Waals surface area contributed by atoms with Crippen molar-refractivity contribution in [1.82, 2.24) is 14.9 Å². The summed E-state index contributed by atoms with van der Waals surface area (Å²) < 4.78 is 2.39. The molecule has 3 rings (SSSR count). The maximum absolute atomic E-state index is 4.35. The second-order valence-corrected chi connectivity index (χ2v) is 7.00. The van der Waals surface area contributed by atoms with Crippen LogP contribution < -0.4 is 5.32 Å². The Balaban J connectivity index is 1.55. The number of fused-ring (bicyclic) bond motifs is 2. The molecule has 1 N–H and O–H groups in total. The van der Waals surface area contributed by atoms with E-state index in [-0.39, 0.29) is 0 Å². The van der Waals surface area contributed by atoms with Gasteiger partial charge in [-0.25, -0.2) is 4.98 Å². The zero-order valence-corrected chi connectivity index (χ0v) is 12.3. The second-order valence-electron chi connectivity index (χ2n) is 7.00. The van der Waals surface area contributed by atoms with Gasteiger partial charge in [-0.15, -0.1) is 0 Å². The normalized spacial score (nSPS) is 29.5. The van der Waals surface area contributed by atoms with Crippen LogP contribution in [0.1, 0.15) is 45.2 Å². The van der Waals surface area contributed by atoms with Gasteiger partial charge in [0.2, 0.25) is 0 Å². The van der Waals surface area contributed by atoms with Gasteiger partial charge in [-0.2, -0.15) is 0 Å². The molecule has 0 amide bonds. The van der Waals surface area contributed by atoms with Crippen molar-refractivity contribution in [1.29, 1.82) is 0 Å². The van der Waals surface area contributed by atoms with Crippen LogP contribution in [0.25, 0.3) is 0 Å². The van der Waals surface area contributed by atoms with E-state index in [0.29, 0.717) is 5.92 Å². The highest BCUT2D eigenvalue weighted by Gasteiger charge is 2.39. The Kier molecular flexibility index (Phi) is 3.92. The molecule has 2 fully saturated rings. The minimum atomic E-state index is 0.710. The Hall–Kier alpha value is -0.830. The SMILES string of the molecule is CC(C)CNCc1cncn1CC1CC2CCC1C2. The summed E-state index contributed by atoms with van der Waals surface area (Å²) in [6, 6.07) is 0. The molecule has 0 radical (unpaired) electrons. The van der Waals surface area contributed by atoms with Crippen LogP contribution in [-0.2, 0) is 13.1 Å². The predicted molar refractivity (Wildman–Crippen MR) is 77.7 cm³/mol. The fourth-order valence-corrected chi connectivity index (χ4v) is 4.00. The lowest BCUT2D eigenvalue weighted by atomic mass is 9.89. The van der Waals surface area contributed by atoms with E-state index >= 15 is 0 Å². The van der Waals surface area contributed by atoms with Gasteiger partial charge in [-0.05, 0) is 49.5 Å². The van der Waals surface area contributed by atoms with Gasteiger partial charge in [0.25, 0.3) is 0 Å². The zero-order valence-electron chi connectivity index (χ0n) is 12.3. The molecule has 0 aromatic carbocycles. The Morgan fingerprint density at radius 3 is 2.95 bits per heavy atom. The first-order valence-electron chi connectivity index (χ1n) is 7.92. The van der Waals surface area contributed by atoms with Gasteiger partial charge < -0.3 is 9.88 Å². The first-order valence-corrected chi connectivity index (χ1v) is 7.92. The maximum atomic E-state index is 4.35. The van der Waals surface area contributed by atoms with E-state index in [1.54, 1.807) is 0 Å². The van der Waals surface area contributed by atoms with Gasteiger partial charge in [0.15, 0.2) is 0 Å². The molecule has 106 valence electrons. The lowest BCUT2D eigenvalue weighted by molar-refractivity contribution is 0.292. The van der Waals surface area contributed by atoms with E-state index in [0.717, 1.165) is 30.8 Å². The molecule has 0 aliphatic heterocycles. The highest BCUT2D eigenvalue weighted by molar-refractivity contribution is 5.00. The smallest absolute Gasteiger partial charge is 0.0948 e. The van der Waals surface area contributed by atoms with Gasteiger partial charge in [0, 0.05) is 19.3 Å². The monoisotopic (exact) mass is 261 g/mol. The summed E-state index contributed by atoms with van der Waals surface area (Å²) in [5.74, 6) is 3.67. The quantitative estimate of drug-likeness (QED) is 0.853. The molecule has 0 spiro atoms. The average Bonchev–Trinajstić information content (AvgIpc) is 3.06. The van der Waals surface area contributed by atoms with Gasteiger partial charge >= 0.3 is 0 Å². The van der Waals surface area contributed by atoms with Crippen LogP contribution >= 0.6 is 0 Å². The molecule has 19 heavy (non-hydrogen) atoms.